The number of aryl methyl sites for hydroxylation is 1. The van der Waals surface area contributed by atoms with E-state index in [0.29, 0.717) is 40.0 Å². The Morgan fingerprint density at radius 1 is 0.364 bits per heavy atom. The van der Waals surface area contributed by atoms with Gasteiger partial charge < -0.3 is 0 Å². The van der Waals surface area contributed by atoms with Gasteiger partial charge >= 0.3 is 0 Å². The molecule has 12 rings (SSSR count). The van der Waals surface area contributed by atoms with Crippen molar-refractivity contribution in [3.63, 3.8) is 0 Å². The number of benzene rings is 6. The lowest BCUT2D eigenvalue weighted by molar-refractivity contribution is 0.509. The number of nitrogens with one attached hydrogen (secondary N) is 6. The van der Waals surface area contributed by atoms with Gasteiger partial charge in [-0.3, -0.25) is 30.6 Å². The fraction of sp³-hybridized carbons (Fsp3) is 0.0217. The third kappa shape index (κ3) is 8.00. The molecule has 20 heteroatoms. The van der Waals surface area contributed by atoms with Crippen molar-refractivity contribution < 1.29 is 22.0 Å². The van der Waals surface area contributed by atoms with Gasteiger partial charge in [0.05, 0.1) is 22.2 Å². The molecule has 0 spiro atoms. The molecule has 0 aliphatic heterocycles. The van der Waals surface area contributed by atoms with Crippen molar-refractivity contribution in [2.45, 2.75) is 6.92 Å². The van der Waals surface area contributed by atoms with Crippen LogP contribution in [0.1, 0.15) is 5.56 Å². The molecule has 0 aliphatic rings. The fourth-order valence-electron chi connectivity index (χ4n) is 7.28. The number of fused-ring (bicyclic) bond motifs is 3. The maximum absolute atomic E-state index is 14.0. The maximum atomic E-state index is 14.0. The molecule has 6 aromatic carbocycles. The third-order valence-corrected chi connectivity index (χ3v) is 10.6. The molecule has 6 heterocycles. The zero-order valence-corrected chi connectivity index (χ0v) is 34.0. The van der Waals surface area contributed by atoms with E-state index in [4.69, 9.17) is 0 Å². The molecule has 66 heavy (non-hydrogen) atoms. The van der Waals surface area contributed by atoms with E-state index in [1.165, 1.54) is 43.2 Å². The number of halogens is 5. The van der Waals surface area contributed by atoms with E-state index in [1.807, 2.05) is 54.6 Å². The second kappa shape index (κ2) is 17.2. The molecule has 324 valence electrons. The summed E-state index contributed by atoms with van der Waals surface area (Å²) in [6.07, 6.45) is 4.31. The number of H-pyrrole nitrogens is 6. The van der Waals surface area contributed by atoms with Crippen LogP contribution in [0.25, 0.3) is 101 Å². The Balaban J connectivity index is 0.000000116. The van der Waals surface area contributed by atoms with Crippen LogP contribution in [-0.4, -0.2) is 76.1 Å². The second-order valence-electron chi connectivity index (χ2n) is 14.7. The van der Waals surface area contributed by atoms with E-state index >= 15 is 0 Å². The van der Waals surface area contributed by atoms with Crippen molar-refractivity contribution in [1.29, 1.82) is 0 Å². The van der Waals surface area contributed by atoms with Gasteiger partial charge in [-0.15, -0.1) is 0 Å². The summed E-state index contributed by atoms with van der Waals surface area (Å²) in [5.41, 5.74) is 8.99. The van der Waals surface area contributed by atoms with Gasteiger partial charge in [0.15, 0.2) is 29.1 Å². The van der Waals surface area contributed by atoms with Gasteiger partial charge in [-0.1, -0.05) is 0 Å². The third-order valence-electron chi connectivity index (χ3n) is 10.6. The number of aromatic amines is 6. The van der Waals surface area contributed by atoms with Crippen LogP contribution in [0.15, 0.2) is 128 Å². The Labute approximate surface area is 367 Å². The normalized spacial score (nSPS) is 11.2. The van der Waals surface area contributed by atoms with Crippen LogP contribution in [0.3, 0.4) is 0 Å². The van der Waals surface area contributed by atoms with Crippen molar-refractivity contribution in [3.8, 4) is 67.9 Å². The largest absolute Gasteiger partial charge is 0.277 e. The monoisotopic (exact) mass is 887 g/mol. The number of aromatic nitrogens is 15. The molecular weight excluding hydrogens is 858 g/mol. The van der Waals surface area contributed by atoms with Gasteiger partial charge in [-0.2, -0.15) is 30.6 Å². The lowest BCUT2D eigenvalue weighted by Gasteiger charge is -2.02. The summed E-state index contributed by atoms with van der Waals surface area (Å²) in [5, 5.41) is 43.8. The molecule has 0 fully saturated rings. The van der Waals surface area contributed by atoms with Crippen molar-refractivity contribution in [3.05, 3.63) is 163 Å². The van der Waals surface area contributed by atoms with E-state index in [-0.39, 0.29) is 11.4 Å². The van der Waals surface area contributed by atoms with Crippen LogP contribution < -0.4 is 0 Å². The zero-order chi connectivity index (χ0) is 45.3. The van der Waals surface area contributed by atoms with Gasteiger partial charge in [-0.25, -0.2) is 36.9 Å². The first-order valence-corrected chi connectivity index (χ1v) is 19.9. The molecule has 12 aromatic rings. The van der Waals surface area contributed by atoms with Crippen LogP contribution >= 0.6 is 0 Å². The maximum Gasteiger partial charge on any atom is 0.159 e. The Kier molecular flexibility index (Phi) is 10.6. The molecule has 0 unspecified atom stereocenters. The molecule has 0 atom stereocenters. The quantitative estimate of drug-likeness (QED) is 0.0876. The van der Waals surface area contributed by atoms with E-state index in [9.17, 15) is 22.0 Å². The highest BCUT2D eigenvalue weighted by molar-refractivity contribution is 5.97. The first-order chi connectivity index (χ1) is 32.2. The van der Waals surface area contributed by atoms with Gasteiger partial charge in [0, 0.05) is 55.6 Å². The highest BCUT2D eigenvalue weighted by Gasteiger charge is 2.16. The Bertz CT molecular complexity index is 3470. The van der Waals surface area contributed by atoms with E-state index in [1.54, 1.807) is 19.1 Å². The lowest BCUT2D eigenvalue weighted by atomic mass is 10.0. The standard InChI is InChI=1S/C16H12FN5.2C15H9F2N5/c1-9-6-10(2-4-13(9)17)15-12-7-11(16-18-8-19-22-16)3-5-14(12)20-21-15;16-9-2-3-10(12(17)6-9)14-11-5-8(15-18-7-19-22-15)1-4-13(11)20-21-14;16-11-3-1-8(6-12(11)17)14-10-5-9(15-18-7-19-22-15)2-4-13(10)20-21-14/h2-8H,1H3,(H,20,21)(H,18,19,22);2*1-7H,(H,20,21)(H,18,19,22). The summed E-state index contributed by atoms with van der Waals surface area (Å²) < 4.78 is 67.0. The van der Waals surface area contributed by atoms with Gasteiger partial charge in [0.25, 0.3) is 0 Å². The minimum atomic E-state index is -0.903. The molecule has 0 aliphatic carbocycles. The van der Waals surface area contributed by atoms with Crippen molar-refractivity contribution in [2.75, 3.05) is 0 Å². The van der Waals surface area contributed by atoms with Crippen LogP contribution in [0.4, 0.5) is 22.0 Å². The summed E-state index contributed by atoms with van der Waals surface area (Å²) in [7, 11) is 0. The highest BCUT2D eigenvalue weighted by atomic mass is 19.2. The zero-order valence-electron chi connectivity index (χ0n) is 34.0. The van der Waals surface area contributed by atoms with Gasteiger partial charge in [0.2, 0.25) is 0 Å². The smallest absolute Gasteiger partial charge is 0.159 e. The van der Waals surface area contributed by atoms with Crippen molar-refractivity contribution in [2.24, 2.45) is 0 Å². The molecule has 6 N–H and O–H groups in total. The first-order valence-electron chi connectivity index (χ1n) is 19.9. The summed E-state index contributed by atoms with van der Waals surface area (Å²) in [4.78, 5) is 12.3. The average molecular weight is 888 g/mol. The second-order valence-corrected chi connectivity index (χ2v) is 14.7. The van der Waals surface area contributed by atoms with Gasteiger partial charge in [-0.05, 0) is 116 Å². The number of nitrogens with zero attached hydrogens (tertiary/aromatic N) is 9. The van der Waals surface area contributed by atoms with Crippen LogP contribution in [0, 0.1) is 36.0 Å². The van der Waals surface area contributed by atoms with E-state index < -0.39 is 23.3 Å². The SMILES string of the molecule is Cc1cc(-c2n[nH]c3ccc(-c4ncn[nH]4)cc23)ccc1F.Fc1ccc(-c2n[nH]c3ccc(-c4ncn[nH]4)cc23)c(F)c1.Fc1ccc(-c2n[nH]c3ccc(-c4ncn[nH]4)cc23)cc1F. The molecule has 0 amide bonds. The summed E-state index contributed by atoms with van der Waals surface area (Å²) in [6.45, 7) is 1.74. The number of hydrogen-bond donors (Lipinski definition) is 6. The predicted molar refractivity (Wildman–Crippen MR) is 235 cm³/mol. The fourth-order valence-corrected chi connectivity index (χ4v) is 7.28. The van der Waals surface area contributed by atoms with Crippen LogP contribution in [0.5, 0.6) is 0 Å². The molecule has 0 bridgehead atoms. The summed E-state index contributed by atoms with van der Waals surface area (Å²) in [5.74, 6) is -1.35. The van der Waals surface area contributed by atoms with Crippen molar-refractivity contribution in [1.82, 2.24) is 76.1 Å². The van der Waals surface area contributed by atoms with E-state index in [0.717, 1.165) is 78.9 Å². The number of hydrogen-bond acceptors (Lipinski definition) is 9. The molecule has 0 saturated heterocycles. The lowest BCUT2D eigenvalue weighted by Crippen LogP contribution is -1.87. The molecule has 0 radical (unpaired) electrons. The molecule has 15 nitrogen and oxygen atoms in total. The first kappa shape index (κ1) is 40.8. The Morgan fingerprint density at radius 2 is 0.803 bits per heavy atom. The minimum absolute atomic E-state index is 0.217. The predicted octanol–water partition coefficient (Wildman–Crippen LogP) is 10.0. The molecule has 6 aromatic heterocycles. The topological polar surface area (TPSA) is 211 Å². The van der Waals surface area contributed by atoms with Crippen LogP contribution in [-0.2, 0) is 0 Å². The minimum Gasteiger partial charge on any atom is -0.277 e. The Hall–Kier alpha value is -9.20. The highest BCUT2D eigenvalue weighted by Crippen LogP contribution is 2.33. The summed E-state index contributed by atoms with van der Waals surface area (Å²) in [6, 6.07) is 29.1. The van der Waals surface area contributed by atoms with Crippen molar-refractivity contribution >= 4 is 32.7 Å². The summed E-state index contributed by atoms with van der Waals surface area (Å²) >= 11 is 0. The Morgan fingerprint density at radius 3 is 1.24 bits per heavy atom. The van der Waals surface area contributed by atoms with E-state index in [2.05, 4.69) is 76.1 Å². The average Bonchev–Trinajstić information content (AvgIpc) is 4.19. The molecular formula is C46H30F5N15. The van der Waals surface area contributed by atoms with Gasteiger partial charge in [0.1, 0.15) is 47.8 Å². The molecule has 0 saturated carbocycles. The van der Waals surface area contributed by atoms with Crippen LogP contribution in [0.2, 0.25) is 0 Å². The number of rotatable bonds is 6.